The second kappa shape index (κ2) is 8.22. The lowest BCUT2D eigenvalue weighted by Crippen LogP contribution is -2.32. The molecule has 5 heteroatoms. The summed E-state index contributed by atoms with van der Waals surface area (Å²) in [6.45, 7) is 14.8. The van der Waals surface area contributed by atoms with Crippen LogP contribution in [-0.2, 0) is 10.2 Å². The molecule has 4 nitrogen and oxygen atoms in total. The fourth-order valence-electron chi connectivity index (χ4n) is 2.05. The number of nitrogens with zero attached hydrogens (tertiary/aromatic N) is 2. The van der Waals surface area contributed by atoms with Gasteiger partial charge in [-0.2, -0.15) is 0 Å². The van der Waals surface area contributed by atoms with Crippen molar-refractivity contribution in [1.29, 1.82) is 0 Å². The molecule has 21 heavy (non-hydrogen) atoms. The quantitative estimate of drug-likeness (QED) is 0.800. The van der Waals surface area contributed by atoms with Crippen molar-refractivity contribution in [3.05, 3.63) is 15.6 Å². The molecule has 1 N–H and O–H groups in total. The first kappa shape index (κ1) is 18.6. The largest absolute Gasteiger partial charge is 0.383 e. The van der Waals surface area contributed by atoms with Gasteiger partial charge in [-0.15, -0.1) is 11.3 Å². The SMILES string of the molecule is COCCN(C)CCNC(C)c1sc(C(C)(C)C)nc1C. The van der Waals surface area contributed by atoms with Crippen LogP contribution in [0.4, 0.5) is 0 Å². The van der Waals surface area contributed by atoms with Gasteiger partial charge in [-0.05, 0) is 20.9 Å². The van der Waals surface area contributed by atoms with E-state index < -0.39 is 0 Å². The van der Waals surface area contributed by atoms with Crippen molar-refractivity contribution in [1.82, 2.24) is 15.2 Å². The summed E-state index contributed by atoms with van der Waals surface area (Å²) >= 11 is 1.84. The van der Waals surface area contributed by atoms with Crippen LogP contribution in [-0.4, -0.2) is 50.3 Å². The minimum absolute atomic E-state index is 0.133. The molecule has 122 valence electrons. The monoisotopic (exact) mass is 313 g/mol. The highest BCUT2D eigenvalue weighted by molar-refractivity contribution is 7.12. The molecule has 0 aliphatic rings. The zero-order chi connectivity index (χ0) is 16.0. The van der Waals surface area contributed by atoms with E-state index in [1.807, 2.05) is 11.3 Å². The lowest BCUT2D eigenvalue weighted by molar-refractivity contribution is 0.161. The molecule has 0 aromatic carbocycles. The molecule has 0 aliphatic carbocycles. The van der Waals surface area contributed by atoms with Crippen molar-refractivity contribution >= 4 is 11.3 Å². The predicted octanol–water partition coefficient (Wildman–Crippen LogP) is 2.98. The Balaban J connectivity index is 2.49. The minimum Gasteiger partial charge on any atom is -0.383 e. The van der Waals surface area contributed by atoms with Gasteiger partial charge in [0, 0.05) is 43.1 Å². The number of hydrogen-bond donors (Lipinski definition) is 1. The summed E-state index contributed by atoms with van der Waals surface area (Å²) in [5.41, 5.74) is 1.30. The molecule has 1 aromatic heterocycles. The van der Waals surface area contributed by atoms with Crippen LogP contribution in [0.5, 0.6) is 0 Å². The van der Waals surface area contributed by atoms with E-state index in [2.05, 4.69) is 51.9 Å². The molecule has 0 fully saturated rings. The Morgan fingerprint density at radius 1 is 1.33 bits per heavy atom. The van der Waals surface area contributed by atoms with Crippen LogP contribution in [0.1, 0.15) is 49.3 Å². The number of aromatic nitrogens is 1. The zero-order valence-corrected chi connectivity index (χ0v) is 15.4. The lowest BCUT2D eigenvalue weighted by atomic mass is 9.98. The number of thiazole rings is 1. The highest BCUT2D eigenvalue weighted by Crippen LogP contribution is 2.32. The van der Waals surface area contributed by atoms with Crippen molar-refractivity contribution < 1.29 is 4.74 Å². The van der Waals surface area contributed by atoms with Crippen molar-refractivity contribution in [2.75, 3.05) is 40.4 Å². The first-order valence-corrected chi connectivity index (χ1v) is 8.46. The van der Waals surface area contributed by atoms with Crippen LogP contribution < -0.4 is 5.32 Å². The molecular formula is C16H31N3OS. The predicted molar refractivity (Wildman–Crippen MR) is 91.3 cm³/mol. The molecule has 1 heterocycles. The van der Waals surface area contributed by atoms with Gasteiger partial charge < -0.3 is 15.0 Å². The third-order valence-electron chi connectivity index (χ3n) is 3.49. The second-order valence-corrected chi connectivity index (χ2v) is 7.72. The molecule has 0 bridgehead atoms. The summed E-state index contributed by atoms with van der Waals surface area (Å²) in [5, 5.41) is 4.82. The second-order valence-electron chi connectivity index (χ2n) is 6.69. The van der Waals surface area contributed by atoms with Gasteiger partial charge >= 0.3 is 0 Å². The molecule has 1 aromatic rings. The van der Waals surface area contributed by atoms with Crippen LogP contribution in [0.15, 0.2) is 0 Å². The molecule has 0 spiro atoms. The highest BCUT2D eigenvalue weighted by Gasteiger charge is 2.22. The van der Waals surface area contributed by atoms with Gasteiger partial charge in [0.1, 0.15) is 0 Å². The van der Waals surface area contributed by atoms with Gasteiger partial charge in [0.05, 0.1) is 17.3 Å². The maximum Gasteiger partial charge on any atom is 0.0985 e. The molecular weight excluding hydrogens is 282 g/mol. The lowest BCUT2D eigenvalue weighted by Gasteiger charge is -2.19. The third-order valence-corrected chi connectivity index (χ3v) is 5.25. The first-order chi connectivity index (χ1) is 9.75. The standard InChI is InChI=1S/C16H31N3OS/c1-12(17-8-9-19(6)10-11-20-7)14-13(2)18-15(21-14)16(3,4)5/h12,17H,8-11H2,1-7H3. The molecule has 0 aliphatic heterocycles. The number of ether oxygens (including phenoxy) is 1. The van der Waals surface area contributed by atoms with E-state index in [1.165, 1.54) is 9.88 Å². The Morgan fingerprint density at radius 2 is 2.00 bits per heavy atom. The topological polar surface area (TPSA) is 37.4 Å². The van der Waals surface area contributed by atoms with Gasteiger partial charge in [-0.3, -0.25) is 0 Å². The fourth-order valence-corrected chi connectivity index (χ4v) is 3.20. The van der Waals surface area contributed by atoms with Crippen LogP contribution in [0.3, 0.4) is 0 Å². The number of likely N-dealkylation sites (N-methyl/N-ethyl adjacent to an activating group) is 1. The summed E-state index contributed by atoms with van der Waals surface area (Å²) in [6.07, 6.45) is 0. The van der Waals surface area contributed by atoms with Crippen LogP contribution in [0.2, 0.25) is 0 Å². The van der Waals surface area contributed by atoms with Gasteiger partial charge in [0.15, 0.2) is 0 Å². The molecule has 0 amide bonds. The average molecular weight is 314 g/mol. The van der Waals surface area contributed by atoms with Crippen molar-refractivity contribution in [3.63, 3.8) is 0 Å². The normalized spacial score (nSPS) is 13.9. The van der Waals surface area contributed by atoms with E-state index in [0.29, 0.717) is 6.04 Å². The number of rotatable bonds is 8. The van der Waals surface area contributed by atoms with Gasteiger partial charge in [0.25, 0.3) is 0 Å². The fraction of sp³-hybridized carbons (Fsp3) is 0.812. The maximum atomic E-state index is 5.09. The minimum atomic E-state index is 0.133. The van der Waals surface area contributed by atoms with Crippen LogP contribution >= 0.6 is 11.3 Å². The summed E-state index contributed by atoms with van der Waals surface area (Å²) < 4.78 is 5.09. The number of aryl methyl sites for hydroxylation is 1. The Morgan fingerprint density at radius 3 is 2.52 bits per heavy atom. The molecule has 0 saturated heterocycles. The van der Waals surface area contributed by atoms with E-state index >= 15 is 0 Å². The summed E-state index contributed by atoms with van der Waals surface area (Å²) in [7, 11) is 3.87. The smallest absolute Gasteiger partial charge is 0.0985 e. The molecule has 1 unspecified atom stereocenters. The van der Waals surface area contributed by atoms with E-state index in [-0.39, 0.29) is 5.41 Å². The van der Waals surface area contributed by atoms with Crippen LogP contribution in [0.25, 0.3) is 0 Å². The van der Waals surface area contributed by atoms with Crippen molar-refractivity contribution in [2.45, 2.75) is 46.1 Å². The Labute approximate surface area is 133 Å². The molecule has 1 rings (SSSR count). The Kier molecular flexibility index (Phi) is 7.27. The highest BCUT2D eigenvalue weighted by atomic mass is 32.1. The van der Waals surface area contributed by atoms with Gasteiger partial charge in [-0.25, -0.2) is 4.98 Å². The van der Waals surface area contributed by atoms with Crippen molar-refractivity contribution in [3.8, 4) is 0 Å². The van der Waals surface area contributed by atoms with E-state index in [0.717, 1.165) is 31.9 Å². The Bertz CT molecular complexity index is 426. The molecule has 0 radical (unpaired) electrons. The molecule has 0 saturated carbocycles. The van der Waals surface area contributed by atoms with E-state index in [9.17, 15) is 0 Å². The number of methoxy groups -OCH3 is 1. The summed E-state index contributed by atoms with van der Waals surface area (Å²) in [4.78, 5) is 8.38. The third kappa shape index (κ3) is 6.02. The average Bonchev–Trinajstić information content (AvgIpc) is 2.78. The number of hydrogen-bond acceptors (Lipinski definition) is 5. The molecule has 1 atom stereocenters. The zero-order valence-electron chi connectivity index (χ0n) is 14.6. The van der Waals surface area contributed by atoms with Crippen molar-refractivity contribution in [2.24, 2.45) is 0 Å². The summed E-state index contributed by atoms with van der Waals surface area (Å²) in [5.74, 6) is 0. The van der Waals surface area contributed by atoms with E-state index in [1.54, 1.807) is 7.11 Å². The van der Waals surface area contributed by atoms with E-state index in [4.69, 9.17) is 9.72 Å². The Hall–Kier alpha value is -0.490. The summed E-state index contributed by atoms with van der Waals surface area (Å²) in [6, 6.07) is 0.356. The van der Waals surface area contributed by atoms with Gasteiger partial charge in [0.2, 0.25) is 0 Å². The maximum absolute atomic E-state index is 5.09. The first-order valence-electron chi connectivity index (χ1n) is 7.64. The van der Waals surface area contributed by atoms with Gasteiger partial charge in [-0.1, -0.05) is 20.8 Å². The van der Waals surface area contributed by atoms with Crippen LogP contribution in [0, 0.1) is 6.92 Å². The number of nitrogens with one attached hydrogen (secondary N) is 1.